The van der Waals surface area contributed by atoms with Gasteiger partial charge in [0.1, 0.15) is 17.2 Å². The zero-order valence-corrected chi connectivity index (χ0v) is 20.1. The van der Waals surface area contributed by atoms with Crippen LogP contribution in [0.1, 0.15) is 45.2 Å². The Labute approximate surface area is 199 Å². The Morgan fingerprint density at radius 3 is 2.68 bits per heavy atom. The fourth-order valence-corrected chi connectivity index (χ4v) is 5.26. The fourth-order valence-electron chi connectivity index (χ4n) is 5.26. The lowest BCUT2D eigenvalue weighted by Gasteiger charge is -2.39. The van der Waals surface area contributed by atoms with Crippen molar-refractivity contribution in [1.29, 1.82) is 0 Å². The Morgan fingerprint density at radius 2 is 2.00 bits per heavy atom. The topological polar surface area (TPSA) is 93.2 Å². The number of halogens is 1. The van der Waals surface area contributed by atoms with Crippen molar-refractivity contribution >= 4 is 22.7 Å². The van der Waals surface area contributed by atoms with Crippen LogP contribution in [0.2, 0.25) is 0 Å². The fraction of sp³-hybridized carbons (Fsp3) is 0.423. The van der Waals surface area contributed by atoms with Crippen LogP contribution in [0.3, 0.4) is 0 Å². The summed E-state index contributed by atoms with van der Waals surface area (Å²) in [5, 5.41) is 3.92. The molecule has 0 spiro atoms. The molecule has 3 atom stereocenters. The number of likely N-dealkylation sites (N-methyl/N-ethyl adjacent to an activating group) is 1. The number of nitrogens with two attached hydrogens (primary N) is 1. The van der Waals surface area contributed by atoms with Gasteiger partial charge < -0.3 is 20.5 Å². The van der Waals surface area contributed by atoms with Gasteiger partial charge in [-0.3, -0.25) is 9.59 Å². The minimum absolute atomic E-state index is 0.0833. The first-order valence-corrected chi connectivity index (χ1v) is 11.7. The van der Waals surface area contributed by atoms with Gasteiger partial charge in [0.2, 0.25) is 11.8 Å². The van der Waals surface area contributed by atoms with Crippen molar-refractivity contribution in [3.05, 3.63) is 60.2 Å². The molecule has 2 amide bonds. The van der Waals surface area contributed by atoms with E-state index in [1.807, 2.05) is 47.7 Å². The minimum atomic E-state index is -1.16. The van der Waals surface area contributed by atoms with Crippen molar-refractivity contribution in [2.45, 2.75) is 45.2 Å². The van der Waals surface area contributed by atoms with E-state index in [1.165, 1.54) is 12.1 Å². The second-order valence-electron chi connectivity index (χ2n) is 9.56. The number of rotatable bonds is 7. The maximum atomic E-state index is 13.9. The molecule has 2 aromatic heterocycles. The van der Waals surface area contributed by atoms with Crippen molar-refractivity contribution in [2.75, 3.05) is 13.6 Å². The Balaban J connectivity index is 1.69. The number of aromatic nitrogens is 2. The summed E-state index contributed by atoms with van der Waals surface area (Å²) in [4.78, 5) is 32.5. The molecule has 8 heteroatoms. The van der Waals surface area contributed by atoms with Crippen LogP contribution in [0.4, 0.5) is 4.39 Å². The number of primary amides is 1. The van der Waals surface area contributed by atoms with E-state index in [0.29, 0.717) is 12.4 Å². The number of nitrogens with one attached hydrogen (secondary N) is 1. The van der Waals surface area contributed by atoms with E-state index in [0.717, 1.165) is 29.3 Å². The van der Waals surface area contributed by atoms with Crippen LogP contribution in [0.5, 0.6) is 0 Å². The highest BCUT2D eigenvalue weighted by atomic mass is 19.1. The number of carbonyl (C=O) groups excluding carboxylic acids is 2. The van der Waals surface area contributed by atoms with E-state index in [1.54, 1.807) is 26.2 Å². The molecule has 0 aliphatic carbocycles. The maximum absolute atomic E-state index is 13.9. The molecule has 3 heterocycles. The molecule has 0 radical (unpaired) electrons. The van der Waals surface area contributed by atoms with Crippen LogP contribution in [-0.2, 0) is 9.59 Å². The van der Waals surface area contributed by atoms with Crippen LogP contribution in [0.15, 0.2) is 48.8 Å². The molecule has 180 valence electrons. The number of amides is 2. The SMILES string of the molecule is CNC(C)(C(N)=O)[C@@H](C(=O)N1CCC[C@H]1c1ccnc(-n2ccc3ccc(F)cc32)c1)C(C)C. The number of likely N-dealkylation sites (tertiary alicyclic amines) is 1. The molecule has 3 aromatic rings. The summed E-state index contributed by atoms with van der Waals surface area (Å²) in [7, 11) is 1.66. The van der Waals surface area contributed by atoms with Crippen molar-refractivity contribution < 1.29 is 14.0 Å². The summed E-state index contributed by atoms with van der Waals surface area (Å²) in [6, 6.07) is 10.3. The van der Waals surface area contributed by atoms with Gasteiger partial charge in [-0.2, -0.15) is 0 Å². The van der Waals surface area contributed by atoms with Crippen LogP contribution in [0, 0.1) is 17.7 Å². The van der Waals surface area contributed by atoms with Crippen molar-refractivity contribution in [1.82, 2.24) is 19.8 Å². The average molecular weight is 466 g/mol. The van der Waals surface area contributed by atoms with Gasteiger partial charge in [-0.25, -0.2) is 9.37 Å². The van der Waals surface area contributed by atoms with Crippen LogP contribution in [0.25, 0.3) is 16.7 Å². The lowest BCUT2D eigenvalue weighted by atomic mass is 9.76. The van der Waals surface area contributed by atoms with Gasteiger partial charge in [-0.15, -0.1) is 0 Å². The molecule has 0 bridgehead atoms. The van der Waals surface area contributed by atoms with Gasteiger partial charge in [0, 0.05) is 24.3 Å². The third-order valence-corrected chi connectivity index (χ3v) is 7.18. The molecule has 34 heavy (non-hydrogen) atoms. The van der Waals surface area contributed by atoms with Crippen molar-refractivity contribution in [2.24, 2.45) is 17.6 Å². The van der Waals surface area contributed by atoms with Crippen LogP contribution >= 0.6 is 0 Å². The summed E-state index contributed by atoms with van der Waals surface area (Å²) in [6.07, 6.45) is 5.27. The lowest BCUT2D eigenvalue weighted by Crippen LogP contribution is -2.62. The number of benzene rings is 1. The predicted molar refractivity (Wildman–Crippen MR) is 130 cm³/mol. The third kappa shape index (κ3) is 4.07. The summed E-state index contributed by atoms with van der Waals surface area (Å²) in [5.74, 6) is -0.968. The molecule has 1 aliphatic rings. The predicted octanol–water partition coefficient (Wildman–Crippen LogP) is 3.56. The van der Waals surface area contributed by atoms with Gasteiger partial charge in [0.15, 0.2) is 0 Å². The Morgan fingerprint density at radius 1 is 1.24 bits per heavy atom. The average Bonchev–Trinajstić information content (AvgIpc) is 3.46. The highest BCUT2D eigenvalue weighted by molar-refractivity contribution is 5.93. The van der Waals surface area contributed by atoms with Crippen molar-refractivity contribution in [3.63, 3.8) is 0 Å². The standard InChI is InChI=1S/C26H32FN5O2/c1-16(2)23(26(3,29-4)25(28)34)24(33)32-12-5-6-20(32)18-9-11-30-22(14-18)31-13-10-17-7-8-19(27)15-21(17)31/h7-11,13-16,20,23,29H,5-6,12H2,1-4H3,(H2,28,34)/t20-,23+,26?/m0/s1. The Kier molecular flexibility index (Phi) is 6.45. The molecule has 1 saturated heterocycles. The normalized spacial score (nSPS) is 18.9. The first-order valence-electron chi connectivity index (χ1n) is 11.7. The van der Waals surface area contributed by atoms with E-state index < -0.39 is 17.4 Å². The number of hydrogen-bond acceptors (Lipinski definition) is 4. The quantitative estimate of drug-likeness (QED) is 0.558. The molecule has 1 aliphatic heterocycles. The summed E-state index contributed by atoms with van der Waals surface area (Å²) in [6.45, 7) is 6.18. The number of pyridine rings is 1. The Hall–Kier alpha value is -3.26. The third-order valence-electron chi connectivity index (χ3n) is 7.18. The van der Waals surface area contributed by atoms with Gasteiger partial charge in [-0.1, -0.05) is 13.8 Å². The molecule has 7 nitrogen and oxygen atoms in total. The highest BCUT2D eigenvalue weighted by Crippen LogP contribution is 2.37. The molecular formula is C26H32FN5O2. The van der Waals surface area contributed by atoms with E-state index >= 15 is 0 Å². The molecule has 4 rings (SSSR count). The van der Waals surface area contributed by atoms with Crippen LogP contribution < -0.4 is 11.1 Å². The van der Waals surface area contributed by atoms with E-state index in [9.17, 15) is 14.0 Å². The molecule has 1 unspecified atom stereocenters. The zero-order valence-electron chi connectivity index (χ0n) is 20.1. The van der Waals surface area contributed by atoms with Gasteiger partial charge >= 0.3 is 0 Å². The smallest absolute Gasteiger partial charge is 0.238 e. The maximum Gasteiger partial charge on any atom is 0.238 e. The number of hydrogen-bond donors (Lipinski definition) is 2. The second kappa shape index (κ2) is 9.18. The van der Waals surface area contributed by atoms with E-state index in [-0.39, 0.29) is 23.7 Å². The first kappa shape index (κ1) is 23.9. The van der Waals surface area contributed by atoms with Gasteiger partial charge in [-0.05, 0) is 74.7 Å². The van der Waals surface area contributed by atoms with E-state index in [4.69, 9.17) is 5.73 Å². The number of fused-ring (bicyclic) bond motifs is 1. The molecule has 0 saturated carbocycles. The van der Waals surface area contributed by atoms with Crippen LogP contribution in [-0.4, -0.2) is 45.4 Å². The zero-order chi connectivity index (χ0) is 24.6. The molecule has 1 fully saturated rings. The monoisotopic (exact) mass is 465 g/mol. The Bertz CT molecular complexity index is 1220. The summed E-state index contributed by atoms with van der Waals surface area (Å²) < 4.78 is 15.7. The van der Waals surface area contributed by atoms with E-state index in [2.05, 4.69) is 10.3 Å². The number of carbonyl (C=O) groups is 2. The molecule has 3 N–H and O–H groups in total. The summed E-state index contributed by atoms with van der Waals surface area (Å²) >= 11 is 0. The van der Waals surface area contributed by atoms with Crippen molar-refractivity contribution in [3.8, 4) is 5.82 Å². The lowest BCUT2D eigenvalue weighted by molar-refractivity contribution is -0.145. The largest absolute Gasteiger partial charge is 0.368 e. The minimum Gasteiger partial charge on any atom is -0.368 e. The molecule has 1 aromatic carbocycles. The number of nitrogens with zero attached hydrogens (tertiary/aromatic N) is 3. The van der Waals surface area contributed by atoms with Gasteiger partial charge in [0.25, 0.3) is 0 Å². The molecular weight excluding hydrogens is 433 g/mol. The first-order chi connectivity index (χ1) is 16.2. The second-order valence-corrected chi connectivity index (χ2v) is 9.56. The van der Waals surface area contributed by atoms with Gasteiger partial charge in [0.05, 0.1) is 17.5 Å². The highest BCUT2D eigenvalue weighted by Gasteiger charge is 2.47. The summed E-state index contributed by atoms with van der Waals surface area (Å²) in [5.41, 5.74) is 6.26.